The highest BCUT2D eigenvalue weighted by Crippen LogP contribution is 2.19. The van der Waals surface area contributed by atoms with Crippen LogP contribution in [-0.4, -0.2) is 42.3 Å². The molecule has 0 aromatic heterocycles. The first-order chi connectivity index (χ1) is 8.63. The first-order valence-electron chi connectivity index (χ1n) is 6.60. The van der Waals surface area contributed by atoms with E-state index in [9.17, 15) is 13.2 Å². The minimum atomic E-state index is -4.18. The average Bonchev–Trinajstić information content (AvgIpc) is 2.26. The third kappa shape index (κ3) is 8.06. The second-order valence-electron chi connectivity index (χ2n) is 5.26. The fourth-order valence-electron chi connectivity index (χ4n) is 1.96. The topological polar surface area (TPSA) is 39.1 Å². The van der Waals surface area contributed by atoms with Crippen LogP contribution in [-0.2, 0) is 0 Å². The number of nitrogens with one attached hydrogen (secondary N) is 1. The molecule has 0 aliphatic heterocycles. The molecule has 0 amide bonds. The van der Waals surface area contributed by atoms with Crippen molar-refractivity contribution in [2.45, 2.75) is 58.3 Å². The Hall–Kier alpha value is -0.800. The van der Waals surface area contributed by atoms with Crippen molar-refractivity contribution in [3.63, 3.8) is 0 Å². The number of hydrogen-bond acceptors (Lipinski definition) is 3. The van der Waals surface area contributed by atoms with Gasteiger partial charge in [0.2, 0.25) is 0 Å². The Morgan fingerprint density at radius 3 is 2.26 bits per heavy atom. The van der Waals surface area contributed by atoms with Crippen molar-refractivity contribution in [2.75, 3.05) is 19.6 Å². The van der Waals surface area contributed by atoms with Crippen LogP contribution in [0.5, 0.6) is 0 Å². The molecule has 0 aliphatic rings. The van der Waals surface area contributed by atoms with Crippen LogP contribution in [0.25, 0.3) is 0 Å². The number of halogens is 3. The average molecular weight is 279 g/mol. The number of alkyl halides is 3. The zero-order valence-electron chi connectivity index (χ0n) is 12.1. The molecule has 1 N–H and O–H groups in total. The third-order valence-electron chi connectivity index (χ3n) is 3.05. The third-order valence-corrected chi connectivity index (χ3v) is 3.05. The lowest BCUT2D eigenvalue weighted by molar-refractivity contribution is -0.149. The zero-order valence-corrected chi connectivity index (χ0v) is 12.1. The largest absolute Gasteiger partial charge is 0.401 e. The van der Waals surface area contributed by atoms with Gasteiger partial charge in [-0.1, -0.05) is 6.92 Å². The second-order valence-corrected chi connectivity index (χ2v) is 5.26. The van der Waals surface area contributed by atoms with Crippen molar-refractivity contribution in [1.82, 2.24) is 10.2 Å². The molecule has 19 heavy (non-hydrogen) atoms. The van der Waals surface area contributed by atoms with Crippen molar-refractivity contribution < 1.29 is 13.2 Å². The van der Waals surface area contributed by atoms with Crippen LogP contribution < -0.4 is 5.32 Å². The van der Waals surface area contributed by atoms with E-state index in [1.54, 1.807) is 20.8 Å². The highest BCUT2D eigenvalue weighted by molar-refractivity contribution is 5.03. The van der Waals surface area contributed by atoms with Crippen LogP contribution in [0, 0.1) is 11.3 Å². The quantitative estimate of drug-likeness (QED) is 0.742. The zero-order chi connectivity index (χ0) is 15.1. The van der Waals surface area contributed by atoms with Crippen LogP contribution in [0.2, 0.25) is 0 Å². The molecule has 0 fully saturated rings. The summed E-state index contributed by atoms with van der Waals surface area (Å²) in [5, 5.41) is 12.1. The maximum absolute atomic E-state index is 12.4. The Morgan fingerprint density at radius 1 is 1.32 bits per heavy atom. The molecule has 0 radical (unpaired) electrons. The van der Waals surface area contributed by atoms with Gasteiger partial charge in [0.25, 0.3) is 0 Å². The molecule has 0 saturated carbocycles. The van der Waals surface area contributed by atoms with E-state index < -0.39 is 18.3 Å². The molecule has 0 aromatic rings. The van der Waals surface area contributed by atoms with Crippen LogP contribution in [0.3, 0.4) is 0 Å². The molecule has 0 saturated heterocycles. The van der Waals surface area contributed by atoms with Crippen LogP contribution in [0.15, 0.2) is 0 Å². The van der Waals surface area contributed by atoms with E-state index in [-0.39, 0.29) is 6.04 Å². The highest BCUT2D eigenvalue weighted by Gasteiger charge is 2.32. The number of nitrogens with zero attached hydrogens (tertiary/aromatic N) is 2. The molecule has 0 aliphatic carbocycles. The smallest absolute Gasteiger partial charge is 0.300 e. The van der Waals surface area contributed by atoms with Gasteiger partial charge in [-0.3, -0.25) is 10.2 Å². The van der Waals surface area contributed by atoms with Crippen LogP contribution in [0.1, 0.15) is 40.5 Å². The highest BCUT2D eigenvalue weighted by atomic mass is 19.4. The van der Waals surface area contributed by atoms with Gasteiger partial charge in [-0.25, -0.2) is 0 Å². The maximum Gasteiger partial charge on any atom is 0.401 e. The molecule has 3 nitrogen and oxygen atoms in total. The van der Waals surface area contributed by atoms with Gasteiger partial charge in [-0.05, 0) is 46.7 Å². The molecule has 112 valence electrons. The van der Waals surface area contributed by atoms with Crippen molar-refractivity contribution in [2.24, 2.45) is 0 Å². The summed E-state index contributed by atoms with van der Waals surface area (Å²) in [7, 11) is 0. The molecule has 0 spiro atoms. The Balaban J connectivity index is 4.31. The number of hydrogen-bond donors (Lipinski definition) is 1. The van der Waals surface area contributed by atoms with Crippen LogP contribution in [0.4, 0.5) is 13.2 Å². The van der Waals surface area contributed by atoms with Crippen molar-refractivity contribution in [1.29, 1.82) is 5.26 Å². The molecular formula is C13H24F3N3. The van der Waals surface area contributed by atoms with Gasteiger partial charge in [0.05, 0.1) is 12.6 Å². The predicted molar refractivity (Wildman–Crippen MR) is 69.7 cm³/mol. The van der Waals surface area contributed by atoms with Gasteiger partial charge in [-0.15, -0.1) is 0 Å². The van der Waals surface area contributed by atoms with E-state index in [1.807, 2.05) is 6.92 Å². The molecule has 0 aromatic carbocycles. The molecule has 1 atom stereocenters. The fraction of sp³-hybridized carbons (Fsp3) is 0.923. The molecular weight excluding hydrogens is 255 g/mol. The number of nitriles is 1. The van der Waals surface area contributed by atoms with E-state index in [1.165, 1.54) is 4.90 Å². The summed E-state index contributed by atoms with van der Waals surface area (Å²) >= 11 is 0. The van der Waals surface area contributed by atoms with E-state index in [0.717, 1.165) is 0 Å². The summed E-state index contributed by atoms with van der Waals surface area (Å²) in [5.74, 6) is 0. The van der Waals surface area contributed by atoms with Crippen molar-refractivity contribution in [3.05, 3.63) is 0 Å². The Morgan fingerprint density at radius 2 is 1.89 bits per heavy atom. The van der Waals surface area contributed by atoms with Crippen LogP contribution >= 0.6 is 0 Å². The molecule has 6 heteroatoms. The van der Waals surface area contributed by atoms with Crippen molar-refractivity contribution >= 4 is 0 Å². The lowest BCUT2D eigenvalue weighted by atomic mass is 9.97. The minimum absolute atomic E-state index is 0.158. The van der Waals surface area contributed by atoms with Gasteiger partial charge in [-0.2, -0.15) is 18.4 Å². The van der Waals surface area contributed by atoms with Crippen molar-refractivity contribution in [3.8, 4) is 6.07 Å². The standard InChI is InChI=1S/C13H24F3N3/c1-5-18-12(4,9-17)7-6-8-19(11(2)3)10-13(14,15)16/h11,18H,5-8,10H2,1-4H3. The second kappa shape index (κ2) is 7.71. The van der Waals surface area contributed by atoms with E-state index >= 15 is 0 Å². The van der Waals surface area contributed by atoms with E-state index in [0.29, 0.717) is 25.9 Å². The summed E-state index contributed by atoms with van der Waals surface area (Å²) in [4.78, 5) is 1.39. The van der Waals surface area contributed by atoms with Gasteiger partial charge in [0, 0.05) is 6.04 Å². The fourth-order valence-corrected chi connectivity index (χ4v) is 1.96. The van der Waals surface area contributed by atoms with E-state index in [2.05, 4.69) is 11.4 Å². The number of rotatable bonds is 8. The summed E-state index contributed by atoms with van der Waals surface area (Å²) in [6, 6.07) is 2.02. The Bertz CT molecular complexity index is 296. The first-order valence-corrected chi connectivity index (χ1v) is 6.60. The van der Waals surface area contributed by atoms with Gasteiger partial charge in [0.1, 0.15) is 5.54 Å². The van der Waals surface area contributed by atoms with Gasteiger partial charge >= 0.3 is 6.18 Å². The summed E-state index contributed by atoms with van der Waals surface area (Å²) in [6.07, 6.45) is -3.08. The molecule has 0 rings (SSSR count). The summed E-state index contributed by atoms with van der Waals surface area (Å²) in [5.41, 5.74) is -0.657. The lowest BCUT2D eigenvalue weighted by Crippen LogP contribution is -2.43. The SMILES string of the molecule is CCNC(C)(C#N)CCCN(CC(F)(F)F)C(C)C. The monoisotopic (exact) mass is 279 g/mol. The maximum atomic E-state index is 12.4. The lowest BCUT2D eigenvalue weighted by Gasteiger charge is -2.29. The first kappa shape index (κ1) is 18.2. The summed E-state index contributed by atoms with van der Waals surface area (Å²) < 4.78 is 37.2. The predicted octanol–water partition coefficient (Wildman–Crippen LogP) is 2.93. The molecule has 1 unspecified atom stereocenters. The van der Waals surface area contributed by atoms with E-state index in [4.69, 9.17) is 5.26 Å². The van der Waals surface area contributed by atoms with Gasteiger partial charge < -0.3 is 0 Å². The Kier molecular flexibility index (Phi) is 7.38. The van der Waals surface area contributed by atoms with Gasteiger partial charge in [0.15, 0.2) is 0 Å². The minimum Gasteiger partial charge on any atom is -0.300 e. The Labute approximate surface area is 113 Å². The molecule has 0 bridgehead atoms. The summed E-state index contributed by atoms with van der Waals surface area (Å²) in [6.45, 7) is 7.30. The molecule has 0 heterocycles. The normalized spacial score (nSPS) is 15.6.